The molecular weight excluding hydrogens is 512 g/mol. The third-order valence-corrected chi connectivity index (χ3v) is 6.72. The van der Waals surface area contributed by atoms with Crippen LogP contribution in [0.25, 0.3) is 5.69 Å². The average molecular weight is 537 g/mol. The van der Waals surface area contributed by atoms with Gasteiger partial charge in [-0.1, -0.05) is 59.8 Å². The summed E-state index contributed by atoms with van der Waals surface area (Å²) in [5.41, 5.74) is 3.53. The molecule has 1 aromatic heterocycles. The summed E-state index contributed by atoms with van der Waals surface area (Å²) in [6, 6.07) is 20.2. The summed E-state index contributed by atoms with van der Waals surface area (Å²) >= 11 is 7.43. The number of thioether (sulfide) groups is 1. The van der Waals surface area contributed by atoms with Crippen LogP contribution in [-0.2, 0) is 16.1 Å². The van der Waals surface area contributed by atoms with Crippen LogP contribution in [0.2, 0.25) is 5.02 Å². The second kappa shape index (κ2) is 11.9. The van der Waals surface area contributed by atoms with E-state index in [-0.39, 0.29) is 23.8 Å². The number of hydrogen-bond acceptors (Lipinski definition) is 7. The highest BCUT2D eigenvalue weighted by molar-refractivity contribution is 7.99. The number of para-hydroxylation sites is 2. The molecule has 4 aromatic rings. The first kappa shape index (κ1) is 26.2. The van der Waals surface area contributed by atoms with Crippen molar-refractivity contribution in [3.63, 3.8) is 0 Å². The van der Waals surface area contributed by atoms with Gasteiger partial charge in [-0.25, -0.2) is 4.79 Å². The van der Waals surface area contributed by atoms with Crippen molar-refractivity contribution in [3.05, 3.63) is 94.3 Å². The Morgan fingerprint density at radius 3 is 2.43 bits per heavy atom. The Kier molecular flexibility index (Phi) is 8.47. The van der Waals surface area contributed by atoms with E-state index in [4.69, 9.17) is 21.1 Å². The number of amides is 1. The Bertz CT molecular complexity index is 1410. The first-order chi connectivity index (χ1) is 17.9. The largest absolute Gasteiger partial charge is 0.485 e. The molecule has 0 aliphatic rings. The van der Waals surface area contributed by atoms with Gasteiger partial charge in [0.1, 0.15) is 12.4 Å². The Morgan fingerprint density at radius 1 is 1.00 bits per heavy atom. The van der Waals surface area contributed by atoms with Gasteiger partial charge in [-0.2, -0.15) is 0 Å². The van der Waals surface area contributed by atoms with Crippen LogP contribution in [0.1, 0.15) is 27.3 Å². The molecule has 0 unspecified atom stereocenters. The molecule has 37 heavy (non-hydrogen) atoms. The summed E-state index contributed by atoms with van der Waals surface area (Å²) in [7, 11) is 1.29. The summed E-state index contributed by atoms with van der Waals surface area (Å²) in [6.07, 6.45) is 0. The third kappa shape index (κ3) is 6.31. The summed E-state index contributed by atoms with van der Waals surface area (Å²) in [5.74, 6) is 0.620. The summed E-state index contributed by atoms with van der Waals surface area (Å²) in [4.78, 5) is 24.6. The van der Waals surface area contributed by atoms with Gasteiger partial charge < -0.3 is 14.8 Å². The van der Waals surface area contributed by atoms with Crippen LogP contribution in [0.5, 0.6) is 5.75 Å². The van der Waals surface area contributed by atoms with Crippen molar-refractivity contribution in [1.82, 2.24) is 14.8 Å². The van der Waals surface area contributed by atoms with Crippen LogP contribution in [0.3, 0.4) is 0 Å². The molecule has 8 nitrogen and oxygen atoms in total. The number of aryl methyl sites for hydroxylation is 2. The number of anilines is 1. The second-order valence-electron chi connectivity index (χ2n) is 8.10. The van der Waals surface area contributed by atoms with E-state index in [1.807, 2.05) is 66.9 Å². The Morgan fingerprint density at radius 2 is 1.73 bits per heavy atom. The minimum atomic E-state index is -0.520. The molecule has 3 aromatic carbocycles. The van der Waals surface area contributed by atoms with Gasteiger partial charge in [0.15, 0.2) is 11.0 Å². The van der Waals surface area contributed by atoms with Crippen LogP contribution >= 0.6 is 23.4 Å². The van der Waals surface area contributed by atoms with Gasteiger partial charge in [0.25, 0.3) is 0 Å². The third-order valence-electron chi connectivity index (χ3n) is 5.46. The number of hydrogen-bond donors (Lipinski definition) is 1. The van der Waals surface area contributed by atoms with E-state index < -0.39 is 5.97 Å². The molecule has 10 heteroatoms. The molecule has 190 valence electrons. The number of carbonyl (C=O) groups excluding carboxylic acids is 2. The fraction of sp³-hybridized carbons (Fsp3) is 0.185. The van der Waals surface area contributed by atoms with Crippen molar-refractivity contribution < 1.29 is 19.1 Å². The highest BCUT2D eigenvalue weighted by atomic mass is 35.5. The van der Waals surface area contributed by atoms with Crippen LogP contribution < -0.4 is 10.1 Å². The minimum Gasteiger partial charge on any atom is -0.485 e. The Hall–Kier alpha value is -3.82. The smallest absolute Gasteiger partial charge is 0.337 e. The molecule has 0 atom stereocenters. The number of methoxy groups -OCH3 is 1. The highest BCUT2D eigenvalue weighted by Crippen LogP contribution is 2.27. The lowest BCUT2D eigenvalue weighted by atomic mass is 10.1. The minimum absolute atomic E-state index is 0.0432. The van der Waals surface area contributed by atoms with Crippen LogP contribution in [0.15, 0.2) is 71.9 Å². The number of carbonyl (C=O) groups is 2. The number of aromatic nitrogens is 3. The molecule has 0 radical (unpaired) electrons. The molecule has 0 spiro atoms. The number of benzene rings is 3. The standard InChI is InChI=1S/C27H25ClN4O4S/c1-17-8-7-9-18(2)25(17)36-15-23-30-31-27(32(23)20-10-5-4-6-11-20)37-16-24(33)29-22-14-19(26(34)35-3)12-13-21(22)28/h4-14H,15-16H2,1-3H3,(H,29,33). The number of nitrogens with one attached hydrogen (secondary N) is 1. The zero-order valence-corrected chi connectivity index (χ0v) is 22.1. The molecule has 1 N–H and O–H groups in total. The van der Waals surface area contributed by atoms with E-state index in [2.05, 4.69) is 15.5 Å². The lowest BCUT2D eigenvalue weighted by molar-refractivity contribution is -0.113. The molecular formula is C27H25ClN4O4S. The fourth-order valence-electron chi connectivity index (χ4n) is 3.67. The van der Waals surface area contributed by atoms with Crippen LogP contribution in [0, 0.1) is 13.8 Å². The highest BCUT2D eigenvalue weighted by Gasteiger charge is 2.18. The quantitative estimate of drug-likeness (QED) is 0.219. The van der Waals surface area contributed by atoms with Gasteiger partial charge in [-0.3, -0.25) is 9.36 Å². The Balaban J connectivity index is 1.51. The lowest BCUT2D eigenvalue weighted by Crippen LogP contribution is -2.16. The Labute approximate surface area is 224 Å². The maximum Gasteiger partial charge on any atom is 0.337 e. The second-order valence-corrected chi connectivity index (χ2v) is 9.45. The van der Waals surface area contributed by atoms with Gasteiger partial charge in [0, 0.05) is 5.69 Å². The van der Waals surface area contributed by atoms with Crippen molar-refractivity contribution in [1.29, 1.82) is 0 Å². The average Bonchev–Trinajstić information content (AvgIpc) is 3.31. The van der Waals surface area contributed by atoms with Gasteiger partial charge in [-0.15, -0.1) is 10.2 Å². The van der Waals surface area contributed by atoms with Gasteiger partial charge >= 0.3 is 5.97 Å². The summed E-state index contributed by atoms with van der Waals surface area (Å²) in [6.45, 7) is 4.20. The van der Waals surface area contributed by atoms with Crippen molar-refractivity contribution in [3.8, 4) is 11.4 Å². The molecule has 1 heterocycles. The van der Waals surface area contributed by atoms with Gasteiger partial charge in [-0.05, 0) is 55.3 Å². The number of esters is 1. The normalized spacial score (nSPS) is 10.7. The lowest BCUT2D eigenvalue weighted by Gasteiger charge is -2.14. The fourth-order valence-corrected chi connectivity index (χ4v) is 4.61. The zero-order valence-electron chi connectivity index (χ0n) is 20.5. The molecule has 0 bridgehead atoms. The molecule has 0 fully saturated rings. The van der Waals surface area contributed by atoms with E-state index in [9.17, 15) is 9.59 Å². The van der Waals surface area contributed by atoms with E-state index in [1.54, 1.807) is 0 Å². The topological polar surface area (TPSA) is 95.3 Å². The van der Waals surface area contributed by atoms with Crippen LogP contribution in [0.4, 0.5) is 5.69 Å². The summed E-state index contributed by atoms with van der Waals surface area (Å²) in [5, 5.41) is 12.3. The molecule has 0 aliphatic heterocycles. The number of ether oxygens (including phenoxy) is 2. The summed E-state index contributed by atoms with van der Waals surface area (Å²) < 4.78 is 12.7. The predicted molar refractivity (Wildman–Crippen MR) is 144 cm³/mol. The maximum atomic E-state index is 12.7. The monoisotopic (exact) mass is 536 g/mol. The maximum absolute atomic E-state index is 12.7. The van der Waals surface area contributed by atoms with Gasteiger partial charge in [0.2, 0.25) is 5.91 Å². The van der Waals surface area contributed by atoms with E-state index in [0.29, 0.717) is 21.7 Å². The number of halogens is 1. The SMILES string of the molecule is COC(=O)c1ccc(Cl)c(NC(=O)CSc2nnc(COc3c(C)cccc3C)n2-c2ccccc2)c1. The molecule has 0 aliphatic carbocycles. The van der Waals surface area contributed by atoms with Gasteiger partial charge in [0.05, 0.1) is 29.1 Å². The molecule has 0 saturated heterocycles. The van der Waals surface area contributed by atoms with E-state index in [1.165, 1.54) is 37.1 Å². The predicted octanol–water partition coefficient (Wildman–Crippen LogP) is 5.63. The van der Waals surface area contributed by atoms with E-state index >= 15 is 0 Å². The molecule has 1 amide bonds. The number of rotatable bonds is 9. The van der Waals surface area contributed by atoms with Crippen molar-refractivity contribution in [2.24, 2.45) is 0 Å². The molecule has 4 rings (SSSR count). The molecule has 0 saturated carbocycles. The van der Waals surface area contributed by atoms with E-state index in [0.717, 1.165) is 22.6 Å². The van der Waals surface area contributed by atoms with Crippen molar-refractivity contribution >= 4 is 40.9 Å². The van der Waals surface area contributed by atoms with Crippen molar-refractivity contribution in [2.45, 2.75) is 25.6 Å². The van der Waals surface area contributed by atoms with Crippen LogP contribution in [-0.4, -0.2) is 39.5 Å². The zero-order chi connectivity index (χ0) is 26.4. The first-order valence-corrected chi connectivity index (χ1v) is 12.7. The number of nitrogens with zero attached hydrogens (tertiary/aromatic N) is 3. The first-order valence-electron chi connectivity index (χ1n) is 11.4. The van der Waals surface area contributed by atoms with Crippen molar-refractivity contribution in [2.75, 3.05) is 18.2 Å².